The number of halogens is 1. The minimum atomic E-state index is 0.0634. The van der Waals surface area contributed by atoms with Crippen molar-refractivity contribution in [3.63, 3.8) is 0 Å². The molecular formula is C17H21IN4S. The molecule has 0 spiro atoms. The van der Waals surface area contributed by atoms with E-state index < -0.39 is 0 Å². The van der Waals surface area contributed by atoms with Crippen molar-refractivity contribution < 1.29 is 0 Å². The zero-order chi connectivity index (χ0) is 16.7. The Kier molecular flexibility index (Phi) is 4.64. The van der Waals surface area contributed by atoms with E-state index in [2.05, 4.69) is 76.5 Å². The third-order valence-electron chi connectivity index (χ3n) is 4.33. The summed E-state index contributed by atoms with van der Waals surface area (Å²) in [7, 11) is 0. The van der Waals surface area contributed by atoms with Gasteiger partial charge < -0.3 is 15.2 Å². The van der Waals surface area contributed by atoms with Gasteiger partial charge in [-0.3, -0.25) is 4.98 Å². The molecule has 0 aromatic carbocycles. The highest BCUT2D eigenvalue weighted by Crippen LogP contribution is 2.43. The number of H-pyrrole nitrogens is 1. The summed E-state index contributed by atoms with van der Waals surface area (Å²) in [6.07, 6.45) is 1.84. The van der Waals surface area contributed by atoms with Crippen LogP contribution in [0.25, 0.3) is 0 Å². The first-order valence-electron chi connectivity index (χ1n) is 7.76. The second-order valence-corrected chi connectivity index (χ2v) is 7.70. The predicted molar refractivity (Wildman–Crippen MR) is 105 cm³/mol. The number of pyridine rings is 1. The van der Waals surface area contributed by atoms with E-state index in [1.165, 1.54) is 20.5 Å². The Hall–Kier alpha value is -1.15. The van der Waals surface area contributed by atoms with Crippen molar-refractivity contribution in [2.45, 2.75) is 45.8 Å². The Morgan fingerprint density at radius 3 is 2.52 bits per heavy atom. The molecule has 2 N–H and O–H groups in total. The first kappa shape index (κ1) is 16.7. The molecule has 0 unspecified atom stereocenters. The van der Waals surface area contributed by atoms with Crippen molar-refractivity contribution in [2.75, 3.05) is 0 Å². The van der Waals surface area contributed by atoms with Crippen LogP contribution in [0, 0.1) is 17.4 Å². The molecule has 1 fully saturated rings. The highest BCUT2D eigenvalue weighted by molar-refractivity contribution is 14.1. The van der Waals surface area contributed by atoms with E-state index in [1.807, 2.05) is 18.3 Å². The van der Waals surface area contributed by atoms with Gasteiger partial charge in [-0.1, -0.05) is 6.07 Å². The first-order valence-corrected chi connectivity index (χ1v) is 9.24. The van der Waals surface area contributed by atoms with Gasteiger partial charge in [0.05, 0.1) is 17.8 Å². The Balaban J connectivity index is 2.15. The topological polar surface area (TPSA) is 44.0 Å². The Bertz CT molecular complexity index is 726. The molecule has 4 nitrogen and oxygen atoms in total. The quantitative estimate of drug-likeness (QED) is 0.559. The van der Waals surface area contributed by atoms with Gasteiger partial charge in [-0.15, -0.1) is 0 Å². The molecule has 23 heavy (non-hydrogen) atoms. The van der Waals surface area contributed by atoms with Gasteiger partial charge in [0.2, 0.25) is 0 Å². The summed E-state index contributed by atoms with van der Waals surface area (Å²) in [6, 6.07) is 6.57. The second-order valence-electron chi connectivity index (χ2n) is 6.23. The zero-order valence-electron chi connectivity index (χ0n) is 13.7. The summed E-state index contributed by atoms with van der Waals surface area (Å²) in [5.41, 5.74) is 4.76. The molecule has 0 radical (unpaired) electrons. The van der Waals surface area contributed by atoms with Gasteiger partial charge in [-0.05, 0) is 74.6 Å². The van der Waals surface area contributed by atoms with Gasteiger partial charge in [0, 0.05) is 32.8 Å². The number of aromatic nitrogens is 2. The molecule has 2 aromatic heterocycles. The highest BCUT2D eigenvalue weighted by atomic mass is 127. The Morgan fingerprint density at radius 2 is 2.00 bits per heavy atom. The molecular weight excluding hydrogens is 419 g/mol. The lowest BCUT2D eigenvalue weighted by atomic mass is 9.96. The number of nitrogens with zero attached hydrogens (tertiary/aromatic N) is 2. The van der Waals surface area contributed by atoms with Crippen LogP contribution in [0.4, 0.5) is 0 Å². The fourth-order valence-corrected chi connectivity index (χ4v) is 4.66. The van der Waals surface area contributed by atoms with E-state index in [0.717, 1.165) is 10.8 Å². The van der Waals surface area contributed by atoms with Gasteiger partial charge in [-0.25, -0.2) is 0 Å². The summed E-state index contributed by atoms with van der Waals surface area (Å²) in [5.74, 6) is 0. The van der Waals surface area contributed by atoms with Crippen LogP contribution in [-0.2, 0) is 0 Å². The van der Waals surface area contributed by atoms with E-state index in [-0.39, 0.29) is 12.1 Å². The van der Waals surface area contributed by atoms with Crippen LogP contribution in [0.1, 0.15) is 48.6 Å². The highest BCUT2D eigenvalue weighted by Gasteiger charge is 2.43. The van der Waals surface area contributed by atoms with Crippen molar-refractivity contribution in [1.29, 1.82) is 0 Å². The number of nitrogens with one attached hydrogen (secondary N) is 2. The molecule has 0 bridgehead atoms. The van der Waals surface area contributed by atoms with Crippen LogP contribution in [-0.4, -0.2) is 26.0 Å². The fraction of sp³-hybridized carbons (Fsp3) is 0.412. The zero-order valence-corrected chi connectivity index (χ0v) is 16.7. The predicted octanol–water partition coefficient (Wildman–Crippen LogP) is 4.01. The maximum absolute atomic E-state index is 5.64. The summed E-state index contributed by atoms with van der Waals surface area (Å²) < 4.78 is 1.28. The molecule has 3 heterocycles. The van der Waals surface area contributed by atoms with Crippen LogP contribution in [0.15, 0.2) is 24.4 Å². The average Bonchev–Trinajstić information content (AvgIpc) is 2.97. The monoisotopic (exact) mass is 440 g/mol. The van der Waals surface area contributed by atoms with E-state index >= 15 is 0 Å². The number of aryl methyl sites for hydroxylation is 2. The van der Waals surface area contributed by atoms with Crippen molar-refractivity contribution in [3.05, 3.63) is 50.6 Å². The number of aromatic amines is 1. The van der Waals surface area contributed by atoms with Crippen molar-refractivity contribution in [3.8, 4) is 0 Å². The molecule has 1 aliphatic heterocycles. The van der Waals surface area contributed by atoms with Crippen molar-refractivity contribution in [1.82, 2.24) is 20.2 Å². The lowest BCUT2D eigenvalue weighted by molar-refractivity contribution is 0.268. The largest absolute Gasteiger partial charge is 0.362 e. The van der Waals surface area contributed by atoms with Crippen LogP contribution in [0.5, 0.6) is 0 Å². The number of thiocarbonyl (C=S) groups is 1. The third kappa shape index (κ3) is 2.87. The molecule has 6 heteroatoms. The third-order valence-corrected chi connectivity index (χ3v) is 6.05. The SMILES string of the molecule is Cc1[nH]c(C)c([C@@H]2[C@H](c3ccccn3)NC(=S)N2C(C)C)c1I. The lowest BCUT2D eigenvalue weighted by Crippen LogP contribution is -2.35. The molecule has 0 amide bonds. The molecule has 1 aliphatic rings. The number of hydrogen-bond donors (Lipinski definition) is 2. The van der Waals surface area contributed by atoms with E-state index in [4.69, 9.17) is 12.2 Å². The smallest absolute Gasteiger partial charge is 0.170 e. The molecule has 0 saturated carbocycles. The van der Waals surface area contributed by atoms with Gasteiger partial charge in [0.25, 0.3) is 0 Å². The molecule has 122 valence electrons. The summed E-state index contributed by atoms with van der Waals surface area (Å²) in [5, 5.41) is 4.29. The van der Waals surface area contributed by atoms with Crippen LogP contribution in [0.2, 0.25) is 0 Å². The van der Waals surface area contributed by atoms with Crippen LogP contribution < -0.4 is 5.32 Å². The number of hydrogen-bond acceptors (Lipinski definition) is 2. The van der Waals surface area contributed by atoms with Crippen molar-refractivity contribution in [2.24, 2.45) is 0 Å². The maximum atomic E-state index is 5.64. The van der Waals surface area contributed by atoms with Crippen molar-refractivity contribution >= 4 is 39.9 Å². The first-order chi connectivity index (χ1) is 10.9. The van der Waals surface area contributed by atoms with E-state index in [1.54, 1.807) is 0 Å². The van der Waals surface area contributed by atoms with E-state index in [9.17, 15) is 0 Å². The van der Waals surface area contributed by atoms with Gasteiger partial charge in [0.1, 0.15) is 0 Å². The second kappa shape index (κ2) is 6.39. The maximum Gasteiger partial charge on any atom is 0.170 e. The fourth-order valence-electron chi connectivity index (χ4n) is 3.35. The summed E-state index contributed by atoms with van der Waals surface area (Å²) in [6.45, 7) is 8.63. The molecule has 2 atom stereocenters. The molecule has 2 aromatic rings. The lowest BCUT2D eigenvalue weighted by Gasteiger charge is -2.31. The van der Waals surface area contributed by atoms with Crippen LogP contribution in [0.3, 0.4) is 0 Å². The minimum absolute atomic E-state index is 0.0634. The van der Waals surface area contributed by atoms with Gasteiger partial charge >= 0.3 is 0 Å². The summed E-state index contributed by atoms with van der Waals surface area (Å²) in [4.78, 5) is 10.3. The molecule has 1 saturated heterocycles. The minimum Gasteiger partial charge on any atom is -0.362 e. The van der Waals surface area contributed by atoms with E-state index in [0.29, 0.717) is 6.04 Å². The number of rotatable bonds is 3. The van der Waals surface area contributed by atoms with Gasteiger partial charge in [0.15, 0.2) is 5.11 Å². The molecule has 3 rings (SSSR count). The Labute approximate surface area is 156 Å². The van der Waals surface area contributed by atoms with Gasteiger partial charge in [-0.2, -0.15) is 0 Å². The summed E-state index contributed by atoms with van der Waals surface area (Å²) >= 11 is 8.07. The normalized spacial score (nSPS) is 21.1. The molecule has 0 aliphatic carbocycles. The Morgan fingerprint density at radius 1 is 1.26 bits per heavy atom. The average molecular weight is 440 g/mol. The van der Waals surface area contributed by atoms with Crippen LogP contribution >= 0.6 is 34.8 Å². The standard InChI is InChI=1S/C17H21IN4S/c1-9(2)22-16(13-10(3)20-11(4)14(13)18)15(21-17(22)23)12-7-5-6-8-19-12/h5-9,15-16,20H,1-4H3,(H,21,23)/t15-,16+/m0/s1.